The lowest BCUT2D eigenvalue weighted by molar-refractivity contribution is 1.07. The van der Waals surface area contributed by atoms with Crippen molar-refractivity contribution < 1.29 is 0 Å². The van der Waals surface area contributed by atoms with Crippen LogP contribution in [0.3, 0.4) is 0 Å². The number of thiophene rings is 1. The van der Waals surface area contributed by atoms with E-state index in [-0.39, 0.29) is 5.28 Å². The van der Waals surface area contributed by atoms with Crippen LogP contribution in [0.25, 0.3) is 54.1 Å². The molecule has 0 bridgehead atoms. The number of nitrogens with zero attached hydrogens (tertiary/aromatic N) is 3. The number of halogens is 1. The van der Waals surface area contributed by atoms with Crippen molar-refractivity contribution in [1.29, 1.82) is 0 Å². The molecule has 0 aliphatic carbocycles. The van der Waals surface area contributed by atoms with Gasteiger partial charge in [0.1, 0.15) is 0 Å². The molecule has 0 N–H and O–H groups in total. The van der Waals surface area contributed by atoms with E-state index in [2.05, 4.69) is 69.5 Å². The summed E-state index contributed by atoms with van der Waals surface area (Å²) in [6.45, 7) is 0. The molecule has 152 valence electrons. The fourth-order valence-corrected chi connectivity index (χ4v) is 5.22. The van der Waals surface area contributed by atoms with Crippen LogP contribution < -0.4 is 0 Å². The minimum absolute atomic E-state index is 0.188. The van der Waals surface area contributed by atoms with Crippen molar-refractivity contribution in [2.75, 3.05) is 0 Å². The summed E-state index contributed by atoms with van der Waals surface area (Å²) in [7, 11) is 0. The highest BCUT2D eigenvalue weighted by Gasteiger charge is 2.10. The molecule has 0 atom stereocenters. The van der Waals surface area contributed by atoms with Gasteiger partial charge in [0.25, 0.3) is 0 Å². The predicted octanol–water partition coefficient (Wildman–Crippen LogP) is 7.89. The van der Waals surface area contributed by atoms with Gasteiger partial charge in [-0.05, 0) is 34.9 Å². The highest BCUT2D eigenvalue weighted by molar-refractivity contribution is 7.25. The minimum atomic E-state index is 0.188. The molecule has 6 aromatic rings. The van der Waals surface area contributed by atoms with Gasteiger partial charge in [-0.25, -0.2) is 4.98 Å². The van der Waals surface area contributed by atoms with Crippen LogP contribution in [0.4, 0.5) is 0 Å². The largest absolute Gasteiger partial charge is 0.226 e. The Morgan fingerprint density at radius 2 is 1.09 bits per heavy atom. The summed E-state index contributed by atoms with van der Waals surface area (Å²) in [6, 6.07) is 33.3. The fourth-order valence-electron chi connectivity index (χ4n) is 3.91. The zero-order chi connectivity index (χ0) is 21.5. The Morgan fingerprint density at radius 1 is 0.500 bits per heavy atom. The number of rotatable bonds is 3. The van der Waals surface area contributed by atoms with Gasteiger partial charge in [0.2, 0.25) is 5.28 Å². The Morgan fingerprint density at radius 3 is 1.88 bits per heavy atom. The highest BCUT2D eigenvalue weighted by Crippen LogP contribution is 2.36. The molecule has 0 saturated carbocycles. The number of hydrogen-bond acceptors (Lipinski definition) is 4. The zero-order valence-electron chi connectivity index (χ0n) is 16.9. The van der Waals surface area contributed by atoms with Gasteiger partial charge in [-0.15, -0.1) is 11.3 Å². The van der Waals surface area contributed by atoms with Crippen LogP contribution in [0.5, 0.6) is 0 Å². The van der Waals surface area contributed by atoms with E-state index in [9.17, 15) is 0 Å². The van der Waals surface area contributed by atoms with Crippen LogP contribution in [-0.2, 0) is 0 Å². The molecule has 0 radical (unpaired) electrons. The molecule has 0 unspecified atom stereocenters. The van der Waals surface area contributed by atoms with E-state index >= 15 is 0 Å². The summed E-state index contributed by atoms with van der Waals surface area (Å²) in [5, 5.41) is 2.81. The smallest absolute Gasteiger partial charge is 0.208 e. The summed E-state index contributed by atoms with van der Waals surface area (Å²) in [4.78, 5) is 13.3. The van der Waals surface area contributed by atoms with Crippen LogP contribution in [0.15, 0.2) is 97.1 Å². The molecule has 0 aliphatic heterocycles. The molecule has 0 aliphatic rings. The lowest BCUT2D eigenvalue weighted by atomic mass is 10.0. The molecule has 5 heteroatoms. The average molecular weight is 450 g/mol. The summed E-state index contributed by atoms with van der Waals surface area (Å²) in [5.74, 6) is 1.13. The average Bonchev–Trinajstić information content (AvgIpc) is 3.22. The maximum absolute atomic E-state index is 6.20. The summed E-state index contributed by atoms with van der Waals surface area (Å²) in [6.07, 6.45) is 0. The van der Waals surface area contributed by atoms with E-state index in [1.54, 1.807) is 0 Å². The van der Waals surface area contributed by atoms with Crippen molar-refractivity contribution >= 4 is 43.1 Å². The van der Waals surface area contributed by atoms with Crippen LogP contribution in [-0.4, -0.2) is 15.0 Å². The van der Waals surface area contributed by atoms with Gasteiger partial charge < -0.3 is 0 Å². The second kappa shape index (κ2) is 7.83. The SMILES string of the molecule is Clc1nc(-c2ccccc2)nc(-c2ccc(-c3ccc4c(c3)sc3ccccc34)cc2)n1. The summed E-state index contributed by atoms with van der Waals surface area (Å²) < 4.78 is 2.61. The lowest BCUT2D eigenvalue weighted by Crippen LogP contribution is -1.97. The Bertz CT molecular complexity index is 1570. The molecule has 6 rings (SSSR count). The highest BCUT2D eigenvalue weighted by atomic mass is 35.5. The summed E-state index contributed by atoms with van der Waals surface area (Å²) in [5.41, 5.74) is 4.15. The second-order valence-electron chi connectivity index (χ2n) is 7.50. The third-order valence-corrected chi connectivity index (χ3v) is 6.80. The predicted molar refractivity (Wildman–Crippen MR) is 134 cm³/mol. The van der Waals surface area contributed by atoms with Crippen LogP contribution >= 0.6 is 22.9 Å². The Hall–Kier alpha value is -3.60. The van der Waals surface area contributed by atoms with Gasteiger partial charge >= 0.3 is 0 Å². The van der Waals surface area contributed by atoms with E-state index in [1.165, 1.54) is 25.7 Å². The summed E-state index contributed by atoms with van der Waals surface area (Å²) >= 11 is 8.03. The Balaban J connectivity index is 1.36. The molecule has 0 saturated heterocycles. The first-order valence-corrected chi connectivity index (χ1v) is 11.4. The molecule has 3 nitrogen and oxygen atoms in total. The zero-order valence-corrected chi connectivity index (χ0v) is 18.4. The number of benzene rings is 4. The van der Waals surface area contributed by atoms with Crippen LogP contribution in [0.1, 0.15) is 0 Å². The van der Waals surface area contributed by atoms with E-state index < -0.39 is 0 Å². The maximum Gasteiger partial charge on any atom is 0.226 e. The van der Waals surface area contributed by atoms with Crippen molar-refractivity contribution in [1.82, 2.24) is 15.0 Å². The minimum Gasteiger partial charge on any atom is -0.208 e. The quantitative estimate of drug-likeness (QED) is 0.275. The van der Waals surface area contributed by atoms with Gasteiger partial charge in [0.05, 0.1) is 0 Å². The molecule has 2 heterocycles. The number of hydrogen-bond donors (Lipinski definition) is 0. The van der Waals surface area contributed by atoms with E-state index in [4.69, 9.17) is 11.6 Å². The molecule has 32 heavy (non-hydrogen) atoms. The van der Waals surface area contributed by atoms with Crippen molar-refractivity contribution in [3.63, 3.8) is 0 Å². The first kappa shape index (κ1) is 19.1. The normalized spacial score (nSPS) is 11.3. The first-order valence-electron chi connectivity index (χ1n) is 10.2. The molecular weight excluding hydrogens is 434 g/mol. The molecule has 0 spiro atoms. The molecular formula is C27H16ClN3S. The van der Waals surface area contributed by atoms with Crippen LogP contribution in [0, 0.1) is 0 Å². The molecule has 0 fully saturated rings. The Kier molecular flexibility index (Phi) is 4.67. The van der Waals surface area contributed by atoms with Gasteiger partial charge in [-0.2, -0.15) is 9.97 Å². The Labute approximate surface area is 194 Å². The molecule has 4 aromatic carbocycles. The van der Waals surface area contributed by atoms with Gasteiger partial charge in [0.15, 0.2) is 11.6 Å². The van der Waals surface area contributed by atoms with Crippen molar-refractivity contribution in [3.05, 3.63) is 102 Å². The van der Waals surface area contributed by atoms with Gasteiger partial charge in [-0.3, -0.25) is 0 Å². The number of fused-ring (bicyclic) bond motifs is 3. The fraction of sp³-hybridized carbons (Fsp3) is 0. The second-order valence-corrected chi connectivity index (χ2v) is 8.93. The monoisotopic (exact) mass is 449 g/mol. The lowest BCUT2D eigenvalue weighted by Gasteiger charge is -2.07. The maximum atomic E-state index is 6.20. The van der Waals surface area contributed by atoms with Gasteiger partial charge in [-0.1, -0.05) is 84.9 Å². The topological polar surface area (TPSA) is 38.7 Å². The van der Waals surface area contributed by atoms with E-state index in [1.807, 2.05) is 53.8 Å². The third kappa shape index (κ3) is 3.44. The molecule has 2 aromatic heterocycles. The standard InChI is InChI=1S/C27H16ClN3S/c28-27-30-25(18-6-2-1-3-7-18)29-26(31-27)19-12-10-17(11-13-19)20-14-15-22-21-8-4-5-9-23(21)32-24(22)16-20/h1-16H. The van der Waals surface area contributed by atoms with Gasteiger partial charge in [0, 0.05) is 31.3 Å². The van der Waals surface area contributed by atoms with Crippen LogP contribution in [0.2, 0.25) is 5.28 Å². The number of aromatic nitrogens is 3. The van der Waals surface area contributed by atoms with Crippen molar-refractivity contribution in [2.45, 2.75) is 0 Å². The van der Waals surface area contributed by atoms with Crippen molar-refractivity contribution in [2.24, 2.45) is 0 Å². The van der Waals surface area contributed by atoms with Crippen molar-refractivity contribution in [3.8, 4) is 33.9 Å². The van der Waals surface area contributed by atoms with E-state index in [0.717, 1.165) is 16.7 Å². The first-order chi connectivity index (χ1) is 15.7. The third-order valence-electron chi connectivity index (χ3n) is 5.50. The van der Waals surface area contributed by atoms with E-state index in [0.29, 0.717) is 11.6 Å². The molecule has 0 amide bonds.